The van der Waals surface area contributed by atoms with Gasteiger partial charge in [0, 0.05) is 23.4 Å². The van der Waals surface area contributed by atoms with E-state index in [1.165, 1.54) is 47.9 Å². The van der Waals surface area contributed by atoms with Crippen LogP contribution in [-0.4, -0.2) is 18.9 Å². The molecule has 0 N–H and O–H groups in total. The number of hydrogen-bond acceptors (Lipinski definition) is 2. The molecule has 1 fully saturated rings. The lowest BCUT2D eigenvalue weighted by atomic mass is 9.71. The van der Waals surface area contributed by atoms with Gasteiger partial charge in [0.1, 0.15) is 5.75 Å². The zero-order valence-corrected chi connectivity index (χ0v) is 19.1. The summed E-state index contributed by atoms with van der Waals surface area (Å²) >= 11 is 0. The van der Waals surface area contributed by atoms with Crippen molar-refractivity contribution < 1.29 is 4.74 Å². The van der Waals surface area contributed by atoms with Crippen molar-refractivity contribution in [1.29, 1.82) is 0 Å². The number of ether oxygens (including phenoxy) is 1. The lowest BCUT2D eigenvalue weighted by Gasteiger charge is -2.35. The monoisotopic (exact) mass is 391 g/mol. The van der Waals surface area contributed by atoms with E-state index in [-0.39, 0.29) is 0 Å². The summed E-state index contributed by atoms with van der Waals surface area (Å²) in [6, 6.07) is 13.3. The molecule has 1 aliphatic rings. The second kappa shape index (κ2) is 9.15. The first kappa shape index (κ1) is 21.6. The van der Waals surface area contributed by atoms with Crippen LogP contribution < -0.4 is 4.74 Å². The number of nitrogens with zero attached hydrogens (tertiary/aromatic N) is 1. The lowest BCUT2D eigenvalue weighted by Crippen LogP contribution is -2.27. The molecule has 1 saturated carbocycles. The maximum Gasteiger partial charge on any atom is 0.135 e. The van der Waals surface area contributed by atoms with Crippen LogP contribution in [0.2, 0.25) is 0 Å². The summed E-state index contributed by atoms with van der Waals surface area (Å²) < 4.78 is 6.14. The normalized spacial score (nSPS) is 20.2. The number of aliphatic imine (C=N–C) groups is 1. The van der Waals surface area contributed by atoms with Crippen molar-refractivity contribution in [1.82, 2.24) is 0 Å². The predicted octanol–water partition coefficient (Wildman–Crippen LogP) is 7.39. The molecule has 2 aromatic rings. The number of benzene rings is 2. The van der Waals surface area contributed by atoms with Gasteiger partial charge >= 0.3 is 0 Å². The van der Waals surface area contributed by atoms with Gasteiger partial charge in [0.25, 0.3) is 0 Å². The molecule has 2 heteroatoms. The van der Waals surface area contributed by atoms with Crippen LogP contribution in [0.15, 0.2) is 41.4 Å². The molecule has 0 spiro atoms. The summed E-state index contributed by atoms with van der Waals surface area (Å²) in [6.45, 7) is 14.2. The molecule has 0 aromatic heterocycles. The Kier molecular flexibility index (Phi) is 6.82. The molecule has 1 aliphatic carbocycles. The highest BCUT2D eigenvalue weighted by Gasteiger charge is 2.29. The molecule has 0 atom stereocenters. The standard InChI is InChI=1S/C27H37NO/c1-7-29-26-21(18-28-23-16-14-22(15-17-23)27(4,5)6)12-9-13-24(26)25-19(2)10-8-11-20(25)3/h8-13,18,22-23H,7,14-17H2,1-6H3/b28-18+. The van der Waals surface area contributed by atoms with E-state index >= 15 is 0 Å². The molecular weight excluding hydrogens is 354 g/mol. The van der Waals surface area contributed by atoms with Crippen molar-refractivity contribution in [2.75, 3.05) is 6.61 Å². The Morgan fingerprint density at radius 3 is 2.17 bits per heavy atom. The summed E-state index contributed by atoms with van der Waals surface area (Å²) in [5.41, 5.74) is 6.50. The summed E-state index contributed by atoms with van der Waals surface area (Å²) in [4.78, 5) is 4.99. The second-order valence-corrected chi connectivity index (χ2v) is 9.57. The van der Waals surface area contributed by atoms with Gasteiger partial charge in [0.05, 0.1) is 6.61 Å². The van der Waals surface area contributed by atoms with E-state index in [9.17, 15) is 0 Å². The van der Waals surface area contributed by atoms with Gasteiger partial charge in [0.2, 0.25) is 0 Å². The SMILES string of the molecule is CCOc1c(/C=N/C2CCC(C(C)(C)C)CC2)cccc1-c1c(C)cccc1C. The fourth-order valence-electron chi connectivity index (χ4n) is 4.67. The Morgan fingerprint density at radius 1 is 0.966 bits per heavy atom. The Balaban J connectivity index is 1.86. The van der Waals surface area contributed by atoms with Crippen LogP contribution in [0, 0.1) is 25.2 Å². The Hall–Kier alpha value is -2.09. The van der Waals surface area contributed by atoms with Crippen LogP contribution in [0.5, 0.6) is 5.75 Å². The van der Waals surface area contributed by atoms with Crippen LogP contribution in [0.4, 0.5) is 0 Å². The van der Waals surface area contributed by atoms with Gasteiger partial charge in [-0.1, -0.05) is 51.1 Å². The van der Waals surface area contributed by atoms with Crippen LogP contribution in [-0.2, 0) is 0 Å². The van der Waals surface area contributed by atoms with E-state index < -0.39 is 0 Å². The van der Waals surface area contributed by atoms with Crippen LogP contribution in [0.25, 0.3) is 11.1 Å². The quantitative estimate of drug-likeness (QED) is 0.487. The van der Waals surface area contributed by atoms with E-state index in [0.717, 1.165) is 17.2 Å². The van der Waals surface area contributed by atoms with Crippen molar-refractivity contribution in [2.24, 2.45) is 16.3 Å². The van der Waals surface area contributed by atoms with E-state index in [0.29, 0.717) is 18.1 Å². The van der Waals surface area contributed by atoms with Gasteiger partial charge in [-0.2, -0.15) is 0 Å². The number of para-hydroxylation sites is 1. The third kappa shape index (κ3) is 5.10. The van der Waals surface area contributed by atoms with Gasteiger partial charge in [-0.3, -0.25) is 4.99 Å². The smallest absolute Gasteiger partial charge is 0.135 e. The maximum absolute atomic E-state index is 6.14. The minimum Gasteiger partial charge on any atom is -0.493 e. The third-order valence-corrected chi connectivity index (χ3v) is 6.43. The summed E-state index contributed by atoms with van der Waals surface area (Å²) in [5, 5.41) is 0. The van der Waals surface area contributed by atoms with E-state index in [4.69, 9.17) is 9.73 Å². The molecule has 2 nitrogen and oxygen atoms in total. The lowest BCUT2D eigenvalue weighted by molar-refractivity contribution is 0.170. The topological polar surface area (TPSA) is 21.6 Å². The maximum atomic E-state index is 6.14. The molecular formula is C27H37NO. The fraction of sp³-hybridized carbons (Fsp3) is 0.519. The molecule has 3 rings (SSSR count). The average Bonchev–Trinajstić information content (AvgIpc) is 2.67. The number of aryl methyl sites for hydroxylation is 2. The summed E-state index contributed by atoms with van der Waals surface area (Å²) in [5.74, 6) is 1.78. The van der Waals surface area contributed by atoms with Crippen molar-refractivity contribution in [3.05, 3.63) is 53.1 Å². The molecule has 2 aromatic carbocycles. The van der Waals surface area contributed by atoms with Gasteiger partial charge in [-0.25, -0.2) is 0 Å². The highest BCUT2D eigenvalue weighted by molar-refractivity contribution is 5.90. The van der Waals surface area contributed by atoms with Crippen molar-refractivity contribution in [3.63, 3.8) is 0 Å². The van der Waals surface area contributed by atoms with Crippen molar-refractivity contribution in [2.45, 2.75) is 73.3 Å². The van der Waals surface area contributed by atoms with Crippen molar-refractivity contribution in [3.8, 4) is 16.9 Å². The number of rotatable bonds is 5. The van der Waals surface area contributed by atoms with Gasteiger partial charge in [-0.05, 0) is 80.5 Å². The largest absolute Gasteiger partial charge is 0.493 e. The summed E-state index contributed by atoms with van der Waals surface area (Å²) in [6.07, 6.45) is 7.01. The molecule has 0 heterocycles. The van der Waals surface area contributed by atoms with E-state index in [2.05, 4.69) is 84.2 Å². The summed E-state index contributed by atoms with van der Waals surface area (Å²) in [7, 11) is 0. The molecule has 0 radical (unpaired) electrons. The minimum absolute atomic E-state index is 0.413. The Morgan fingerprint density at radius 2 is 1.59 bits per heavy atom. The van der Waals surface area contributed by atoms with Crippen molar-refractivity contribution >= 4 is 6.21 Å². The van der Waals surface area contributed by atoms with Gasteiger partial charge < -0.3 is 4.74 Å². The second-order valence-electron chi connectivity index (χ2n) is 9.57. The van der Waals surface area contributed by atoms with Crippen LogP contribution >= 0.6 is 0 Å². The first-order valence-electron chi connectivity index (χ1n) is 11.2. The fourth-order valence-corrected chi connectivity index (χ4v) is 4.67. The van der Waals surface area contributed by atoms with Gasteiger partial charge in [0.15, 0.2) is 0 Å². The predicted molar refractivity (Wildman–Crippen MR) is 125 cm³/mol. The third-order valence-electron chi connectivity index (χ3n) is 6.43. The van der Waals surface area contributed by atoms with E-state index in [1.54, 1.807) is 0 Å². The Labute approximate surface area is 177 Å². The zero-order chi connectivity index (χ0) is 21.0. The zero-order valence-electron chi connectivity index (χ0n) is 19.1. The van der Waals surface area contributed by atoms with Crippen LogP contribution in [0.3, 0.4) is 0 Å². The highest BCUT2D eigenvalue weighted by Crippen LogP contribution is 2.39. The molecule has 29 heavy (non-hydrogen) atoms. The first-order valence-corrected chi connectivity index (χ1v) is 11.2. The molecule has 0 unspecified atom stereocenters. The average molecular weight is 392 g/mol. The molecule has 0 amide bonds. The van der Waals surface area contributed by atoms with Crippen LogP contribution in [0.1, 0.15) is 70.1 Å². The molecule has 156 valence electrons. The molecule has 0 bridgehead atoms. The van der Waals surface area contributed by atoms with E-state index in [1.807, 2.05) is 0 Å². The Bertz CT molecular complexity index is 831. The molecule has 0 saturated heterocycles. The highest BCUT2D eigenvalue weighted by atomic mass is 16.5. The van der Waals surface area contributed by atoms with Gasteiger partial charge in [-0.15, -0.1) is 0 Å². The minimum atomic E-state index is 0.413. The molecule has 0 aliphatic heterocycles. The first-order chi connectivity index (χ1) is 13.8. The number of hydrogen-bond donors (Lipinski definition) is 0.